The van der Waals surface area contributed by atoms with Crippen LogP contribution in [-0.4, -0.2) is 24.8 Å². The minimum Gasteiger partial charge on any atom is -0.435 e. The maximum atomic E-state index is 12.4. The zero-order valence-electron chi connectivity index (χ0n) is 12.8. The Morgan fingerprint density at radius 2 is 2.04 bits per heavy atom. The predicted octanol–water partition coefficient (Wildman–Crippen LogP) is 2.37. The highest BCUT2D eigenvalue weighted by molar-refractivity contribution is 7.89. The molecule has 1 atom stereocenters. The van der Waals surface area contributed by atoms with Crippen LogP contribution in [0.5, 0.6) is 5.75 Å². The van der Waals surface area contributed by atoms with Gasteiger partial charge in [-0.1, -0.05) is 6.07 Å². The zero-order chi connectivity index (χ0) is 17.2. The smallest absolute Gasteiger partial charge is 0.387 e. The summed E-state index contributed by atoms with van der Waals surface area (Å²) in [4.78, 5) is -0.149. The largest absolute Gasteiger partial charge is 0.435 e. The van der Waals surface area contributed by atoms with Gasteiger partial charge in [0.05, 0.1) is 10.6 Å². The molecule has 1 aromatic heterocycles. The maximum Gasteiger partial charge on any atom is 0.387 e. The first-order chi connectivity index (χ1) is 10.7. The zero-order valence-corrected chi connectivity index (χ0v) is 13.6. The lowest BCUT2D eigenvalue weighted by Crippen LogP contribution is -2.27. The second-order valence-electron chi connectivity index (χ2n) is 5.04. The highest BCUT2D eigenvalue weighted by atomic mass is 32.2. The molecule has 0 aliphatic heterocycles. The van der Waals surface area contributed by atoms with E-state index in [1.54, 1.807) is 31.8 Å². The monoisotopic (exact) mass is 345 g/mol. The van der Waals surface area contributed by atoms with Gasteiger partial charge in [0.15, 0.2) is 0 Å². The van der Waals surface area contributed by atoms with Crippen molar-refractivity contribution in [1.29, 1.82) is 0 Å². The molecule has 0 saturated carbocycles. The Kier molecular flexibility index (Phi) is 5.00. The maximum absolute atomic E-state index is 12.4. The van der Waals surface area contributed by atoms with E-state index in [2.05, 4.69) is 14.6 Å². The van der Waals surface area contributed by atoms with Crippen molar-refractivity contribution in [1.82, 2.24) is 14.5 Å². The SMILES string of the molecule is Cc1nn(C)cc1C(C)NS(=O)(=O)c1cccc(OC(F)F)c1. The van der Waals surface area contributed by atoms with Crippen molar-refractivity contribution in [2.45, 2.75) is 31.4 Å². The summed E-state index contributed by atoms with van der Waals surface area (Å²) in [6.07, 6.45) is 1.72. The van der Waals surface area contributed by atoms with Crippen molar-refractivity contribution in [3.05, 3.63) is 41.7 Å². The summed E-state index contributed by atoms with van der Waals surface area (Å²) in [5.41, 5.74) is 1.44. The molecule has 2 rings (SSSR count). The molecule has 23 heavy (non-hydrogen) atoms. The molecule has 1 aromatic carbocycles. The standard InChI is InChI=1S/C14H17F2N3O3S/c1-9-13(8-19(3)17-9)10(2)18-23(20,21)12-6-4-5-11(7-12)22-14(15)16/h4-8,10,14,18H,1-3H3. The molecule has 0 radical (unpaired) electrons. The number of rotatable bonds is 6. The van der Waals surface area contributed by atoms with Crippen molar-refractivity contribution in [2.24, 2.45) is 7.05 Å². The van der Waals surface area contributed by atoms with E-state index in [9.17, 15) is 17.2 Å². The molecule has 0 spiro atoms. The molecule has 2 aromatic rings. The van der Waals surface area contributed by atoms with E-state index in [4.69, 9.17) is 0 Å². The summed E-state index contributed by atoms with van der Waals surface area (Å²) in [5.74, 6) is -0.215. The number of hydrogen-bond acceptors (Lipinski definition) is 4. The van der Waals surface area contributed by atoms with Gasteiger partial charge in [-0.15, -0.1) is 0 Å². The van der Waals surface area contributed by atoms with Gasteiger partial charge in [-0.3, -0.25) is 4.68 Å². The Hall–Kier alpha value is -2.00. The van der Waals surface area contributed by atoms with E-state index in [1.165, 1.54) is 18.2 Å². The molecular weight excluding hydrogens is 328 g/mol. The topological polar surface area (TPSA) is 73.2 Å². The molecule has 0 aliphatic carbocycles. The van der Waals surface area contributed by atoms with Gasteiger partial charge < -0.3 is 4.74 Å². The van der Waals surface area contributed by atoms with Crippen LogP contribution in [0.4, 0.5) is 8.78 Å². The van der Waals surface area contributed by atoms with Gasteiger partial charge in [-0.2, -0.15) is 13.9 Å². The fourth-order valence-electron chi connectivity index (χ4n) is 2.22. The summed E-state index contributed by atoms with van der Waals surface area (Å²) in [7, 11) is -2.15. The average molecular weight is 345 g/mol. The van der Waals surface area contributed by atoms with E-state index >= 15 is 0 Å². The number of hydrogen-bond donors (Lipinski definition) is 1. The molecule has 6 nitrogen and oxygen atoms in total. The molecule has 1 N–H and O–H groups in total. The normalized spacial score (nSPS) is 13.3. The molecule has 1 unspecified atom stereocenters. The average Bonchev–Trinajstić information content (AvgIpc) is 2.77. The number of alkyl halides is 2. The van der Waals surface area contributed by atoms with Gasteiger partial charge >= 0.3 is 6.61 Å². The minimum atomic E-state index is -3.89. The third kappa shape index (κ3) is 4.26. The van der Waals surface area contributed by atoms with E-state index in [-0.39, 0.29) is 10.6 Å². The predicted molar refractivity (Wildman–Crippen MR) is 79.8 cm³/mol. The Morgan fingerprint density at radius 3 is 2.61 bits per heavy atom. The third-order valence-corrected chi connectivity index (χ3v) is 4.73. The summed E-state index contributed by atoms with van der Waals surface area (Å²) < 4.78 is 57.6. The lowest BCUT2D eigenvalue weighted by Gasteiger charge is -2.14. The Balaban J connectivity index is 2.23. The van der Waals surface area contributed by atoms with Gasteiger partial charge in [0.25, 0.3) is 0 Å². The number of aryl methyl sites for hydroxylation is 2. The molecule has 0 bridgehead atoms. The van der Waals surface area contributed by atoms with Gasteiger partial charge in [-0.25, -0.2) is 13.1 Å². The molecule has 0 amide bonds. The van der Waals surface area contributed by atoms with Gasteiger partial charge in [0, 0.05) is 30.9 Å². The highest BCUT2D eigenvalue weighted by Crippen LogP contribution is 2.22. The van der Waals surface area contributed by atoms with Crippen molar-refractivity contribution in [3.63, 3.8) is 0 Å². The number of aromatic nitrogens is 2. The van der Waals surface area contributed by atoms with Crippen molar-refractivity contribution >= 4 is 10.0 Å². The molecule has 0 aliphatic rings. The van der Waals surface area contributed by atoms with Crippen LogP contribution in [0.1, 0.15) is 24.2 Å². The molecule has 1 heterocycles. The molecule has 0 saturated heterocycles. The Labute approximate surface area is 133 Å². The molecule has 9 heteroatoms. The van der Waals surface area contributed by atoms with E-state index < -0.39 is 22.7 Å². The van der Waals surface area contributed by atoms with Crippen LogP contribution < -0.4 is 9.46 Å². The highest BCUT2D eigenvalue weighted by Gasteiger charge is 2.21. The first-order valence-corrected chi connectivity index (χ1v) is 8.24. The van der Waals surface area contributed by atoms with Crippen LogP contribution in [0.2, 0.25) is 0 Å². The Bertz CT molecular complexity index is 790. The van der Waals surface area contributed by atoms with Crippen LogP contribution >= 0.6 is 0 Å². The number of ether oxygens (including phenoxy) is 1. The number of nitrogens with zero attached hydrogens (tertiary/aromatic N) is 2. The quantitative estimate of drug-likeness (QED) is 0.872. The molecule has 126 valence electrons. The summed E-state index contributed by atoms with van der Waals surface area (Å²) in [6.45, 7) is 0.441. The summed E-state index contributed by atoms with van der Waals surface area (Å²) in [5, 5.41) is 4.16. The van der Waals surface area contributed by atoms with E-state index in [0.29, 0.717) is 5.69 Å². The number of sulfonamides is 1. The van der Waals surface area contributed by atoms with Gasteiger partial charge in [0.2, 0.25) is 10.0 Å². The van der Waals surface area contributed by atoms with Gasteiger partial charge in [0.1, 0.15) is 5.75 Å². The van der Waals surface area contributed by atoms with E-state index in [0.717, 1.165) is 11.6 Å². The second kappa shape index (κ2) is 6.63. The second-order valence-corrected chi connectivity index (χ2v) is 6.75. The first-order valence-electron chi connectivity index (χ1n) is 6.76. The lowest BCUT2D eigenvalue weighted by atomic mass is 10.1. The number of benzene rings is 1. The summed E-state index contributed by atoms with van der Waals surface area (Å²) >= 11 is 0. The van der Waals surface area contributed by atoms with Crippen LogP contribution in [0, 0.1) is 6.92 Å². The Morgan fingerprint density at radius 1 is 1.35 bits per heavy atom. The van der Waals surface area contributed by atoms with Crippen molar-refractivity contribution in [3.8, 4) is 5.75 Å². The van der Waals surface area contributed by atoms with Crippen molar-refractivity contribution in [2.75, 3.05) is 0 Å². The van der Waals surface area contributed by atoms with Gasteiger partial charge in [-0.05, 0) is 26.0 Å². The number of nitrogens with one attached hydrogen (secondary N) is 1. The van der Waals surface area contributed by atoms with Crippen molar-refractivity contribution < 1.29 is 21.9 Å². The van der Waals surface area contributed by atoms with Crippen LogP contribution in [0.3, 0.4) is 0 Å². The lowest BCUT2D eigenvalue weighted by molar-refractivity contribution is -0.0499. The summed E-state index contributed by atoms with van der Waals surface area (Å²) in [6, 6.07) is 4.45. The first kappa shape index (κ1) is 17.4. The van der Waals surface area contributed by atoms with Crippen LogP contribution in [0.25, 0.3) is 0 Å². The fraction of sp³-hybridized carbons (Fsp3) is 0.357. The molecule has 0 fully saturated rings. The van der Waals surface area contributed by atoms with E-state index in [1.807, 2.05) is 0 Å². The minimum absolute atomic E-state index is 0.149. The van der Waals surface area contributed by atoms with Crippen LogP contribution in [0.15, 0.2) is 35.4 Å². The number of halogens is 2. The fourth-order valence-corrected chi connectivity index (χ4v) is 3.48. The third-order valence-electron chi connectivity index (χ3n) is 3.19. The van der Waals surface area contributed by atoms with Crippen LogP contribution in [-0.2, 0) is 17.1 Å². The molecular formula is C14H17F2N3O3S.